The van der Waals surface area contributed by atoms with Crippen molar-refractivity contribution in [3.63, 3.8) is 0 Å². The molecule has 0 saturated heterocycles. The van der Waals surface area contributed by atoms with E-state index in [1.165, 1.54) is 5.57 Å². The first-order valence-electron chi connectivity index (χ1n) is 15.0. The molecule has 0 aromatic rings. The molecule has 0 spiro atoms. The lowest BCUT2D eigenvalue weighted by atomic mass is 9.84. The van der Waals surface area contributed by atoms with Gasteiger partial charge in [-0.3, -0.25) is 9.59 Å². The zero-order valence-corrected chi connectivity index (χ0v) is 28.5. The van der Waals surface area contributed by atoms with Gasteiger partial charge in [0, 0.05) is 49.7 Å². The molecular weight excluding hydrogens is 581 g/mol. The van der Waals surface area contributed by atoms with Crippen LogP contribution in [0.5, 0.6) is 0 Å². The van der Waals surface area contributed by atoms with Crippen molar-refractivity contribution in [1.29, 1.82) is 0 Å². The van der Waals surface area contributed by atoms with Gasteiger partial charge in [-0.25, -0.2) is 4.99 Å². The number of thiol groups is 1. The third-order valence-electron chi connectivity index (χ3n) is 7.28. The van der Waals surface area contributed by atoms with Gasteiger partial charge in [-0.05, 0) is 67.4 Å². The first-order chi connectivity index (χ1) is 21.2. The Morgan fingerprint density at radius 3 is 2.67 bits per heavy atom. The molecule has 1 aliphatic carbocycles. The van der Waals surface area contributed by atoms with Gasteiger partial charge < -0.3 is 26.6 Å². The van der Waals surface area contributed by atoms with Crippen molar-refractivity contribution in [3.05, 3.63) is 106 Å². The number of likely N-dealkylation sites (N-methyl/N-ethyl adjacent to an activating group) is 1. The summed E-state index contributed by atoms with van der Waals surface area (Å²) >= 11 is 4.56. The Morgan fingerprint density at radius 2 is 2.04 bits per heavy atom. The summed E-state index contributed by atoms with van der Waals surface area (Å²) in [5, 5.41) is 9.20. The zero-order valence-electron chi connectivity index (χ0n) is 27.6. The van der Waals surface area contributed by atoms with Crippen LogP contribution in [-0.2, 0) is 9.59 Å². The summed E-state index contributed by atoms with van der Waals surface area (Å²) in [5.74, 6) is 2.22. The molecule has 1 aliphatic heterocycles. The predicted molar refractivity (Wildman–Crippen MR) is 190 cm³/mol. The molecule has 1 unspecified atom stereocenters. The summed E-state index contributed by atoms with van der Waals surface area (Å²) in [4.78, 5) is 32.9. The molecule has 0 saturated carbocycles. The van der Waals surface area contributed by atoms with E-state index in [0.29, 0.717) is 52.9 Å². The van der Waals surface area contributed by atoms with E-state index in [0.717, 1.165) is 17.7 Å². The highest BCUT2D eigenvalue weighted by molar-refractivity contribution is 7.84. The fraction of sp³-hybridized carbons (Fsp3) is 0.361. The summed E-state index contributed by atoms with van der Waals surface area (Å²) in [5.41, 5.74) is 11.0. The first kappa shape index (κ1) is 36.9. The van der Waals surface area contributed by atoms with Gasteiger partial charge in [0.05, 0.1) is 17.3 Å². The smallest absolute Gasteiger partial charge is 0.255 e. The number of rotatable bonds is 11. The molecule has 1 atom stereocenters. The monoisotopic (exact) mass is 628 g/mol. The van der Waals surface area contributed by atoms with E-state index >= 15 is 0 Å². The summed E-state index contributed by atoms with van der Waals surface area (Å²) in [6.45, 7) is 17.0. The van der Waals surface area contributed by atoms with Crippen molar-refractivity contribution in [2.24, 2.45) is 22.1 Å². The molecule has 2 amide bonds. The molecule has 0 aromatic carbocycles. The highest BCUT2D eigenvalue weighted by atomic mass is 32.1. The topological polar surface area (TPSA) is 112 Å². The van der Waals surface area contributed by atoms with Gasteiger partial charge in [-0.2, -0.15) is 0 Å². The number of hydrogen-bond donors (Lipinski definition) is 5. The second kappa shape index (κ2) is 17.3. The van der Waals surface area contributed by atoms with Crippen molar-refractivity contribution in [2.45, 2.75) is 54.4 Å². The van der Waals surface area contributed by atoms with Crippen LogP contribution in [0.15, 0.2) is 111 Å². The first-order valence-corrected chi connectivity index (χ1v) is 15.4. The number of amides is 2. The van der Waals surface area contributed by atoms with E-state index in [4.69, 9.17) is 17.1 Å². The lowest BCUT2D eigenvalue weighted by Gasteiger charge is -2.28. The Labute approximate surface area is 274 Å². The second-order valence-electron chi connectivity index (χ2n) is 11.9. The average Bonchev–Trinajstić information content (AvgIpc) is 3.26. The Hall–Kier alpha value is -4.26. The van der Waals surface area contributed by atoms with E-state index in [1.807, 2.05) is 62.4 Å². The van der Waals surface area contributed by atoms with E-state index in [-0.39, 0.29) is 17.2 Å². The van der Waals surface area contributed by atoms with Crippen LogP contribution >= 0.6 is 12.6 Å². The molecule has 2 aliphatic rings. The van der Waals surface area contributed by atoms with Gasteiger partial charge in [0.25, 0.3) is 5.91 Å². The van der Waals surface area contributed by atoms with Gasteiger partial charge in [0.2, 0.25) is 5.91 Å². The average molecular weight is 629 g/mol. The predicted octanol–water partition coefficient (Wildman–Crippen LogP) is 5.53. The summed E-state index contributed by atoms with van der Waals surface area (Å²) in [6, 6.07) is 0. The lowest BCUT2D eigenvalue weighted by Crippen LogP contribution is -2.36. The number of nitrogens with zero attached hydrogens (tertiary/aromatic N) is 2. The van der Waals surface area contributed by atoms with E-state index in [9.17, 15) is 9.59 Å². The summed E-state index contributed by atoms with van der Waals surface area (Å²) in [7, 11) is 1.89. The standard InChI is InChI=1S/C36H48N6O2S/c1-10-12-16-31(41-35(44)27-14-13-15-28(18-17-27)36(6,7)8)24(3)21-30-23-42(9)26(5)33(40-30)39-29(11-2)22-32(45)25(4)34(43)38-20-19-37/h1,11-14,16-18,22-23,25,45H,5,15,19-21,37H2,2-4,6-9H3,(H,38,43)(H,39,40)(H,41,44)/b16-12-,29-11+,31-24+,32-22+. The van der Waals surface area contributed by atoms with E-state index in [2.05, 4.69) is 61.8 Å². The van der Waals surface area contributed by atoms with Crippen LogP contribution in [-0.4, -0.2) is 42.7 Å². The number of carbonyl (C=O) groups is 2. The molecule has 9 heteroatoms. The number of nitrogens with two attached hydrogens (primary N) is 1. The normalized spacial score (nSPS) is 18.3. The van der Waals surface area contributed by atoms with Gasteiger partial charge in [0.1, 0.15) is 0 Å². The molecule has 240 valence electrons. The van der Waals surface area contributed by atoms with Crippen LogP contribution in [0.4, 0.5) is 0 Å². The molecule has 5 N–H and O–H groups in total. The highest BCUT2D eigenvalue weighted by Gasteiger charge is 2.21. The second-order valence-corrected chi connectivity index (χ2v) is 12.4. The number of amidine groups is 1. The van der Waals surface area contributed by atoms with Crippen molar-refractivity contribution < 1.29 is 9.59 Å². The molecular formula is C36H48N6O2S. The van der Waals surface area contributed by atoms with Crippen molar-refractivity contribution >= 4 is 30.3 Å². The van der Waals surface area contributed by atoms with Crippen LogP contribution in [0.25, 0.3) is 0 Å². The minimum Gasteiger partial charge on any atom is -0.354 e. The van der Waals surface area contributed by atoms with Crippen LogP contribution in [0.2, 0.25) is 0 Å². The van der Waals surface area contributed by atoms with Crippen molar-refractivity contribution in [2.75, 3.05) is 20.1 Å². The van der Waals surface area contributed by atoms with Crippen LogP contribution in [0, 0.1) is 23.7 Å². The van der Waals surface area contributed by atoms with Gasteiger partial charge in [0.15, 0.2) is 5.84 Å². The Bertz CT molecular complexity index is 1490. The number of aliphatic imine (C=N–C) groups is 1. The minimum absolute atomic E-state index is 0.0175. The Morgan fingerprint density at radius 1 is 1.33 bits per heavy atom. The Balaban J connectivity index is 2.32. The van der Waals surface area contributed by atoms with E-state index < -0.39 is 5.92 Å². The molecule has 0 bridgehead atoms. The highest BCUT2D eigenvalue weighted by Crippen LogP contribution is 2.30. The third kappa shape index (κ3) is 11.3. The maximum absolute atomic E-state index is 13.3. The molecule has 0 fully saturated rings. The number of carbonyl (C=O) groups excluding carboxylic acids is 2. The molecule has 1 heterocycles. The van der Waals surface area contributed by atoms with Gasteiger partial charge >= 0.3 is 0 Å². The molecule has 2 rings (SSSR count). The van der Waals surface area contributed by atoms with Gasteiger partial charge in [-0.1, -0.05) is 63.1 Å². The van der Waals surface area contributed by atoms with Crippen LogP contribution < -0.4 is 21.7 Å². The number of terminal acetylenes is 1. The van der Waals surface area contributed by atoms with Gasteiger partial charge in [-0.15, -0.1) is 19.1 Å². The van der Waals surface area contributed by atoms with Crippen LogP contribution in [0.3, 0.4) is 0 Å². The molecule has 0 radical (unpaired) electrons. The SMILES string of the molecule is C#C/C=C\C(NC(=O)C1=CC=C(C(C)(C)C)CC=C1)=C(\C)CC1=CN(C)C(=C)C(=NC(=C/C)/C=C(/S)C(C)C(=O)NCCN)N1. The number of nitrogens with one attached hydrogen (secondary N) is 3. The van der Waals surface area contributed by atoms with Crippen LogP contribution in [0.1, 0.15) is 54.4 Å². The number of allylic oxidation sites excluding steroid dienone is 9. The number of hydrogen-bond acceptors (Lipinski definition) is 6. The Kier molecular flexibility index (Phi) is 14.2. The van der Waals surface area contributed by atoms with Crippen molar-refractivity contribution in [3.8, 4) is 12.3 Å². The zero-order chi connectivity index (χ0) is 33.7. The van der Waals surface area contributed by atoms with Crippen molar-refractivity contribution in [1.82, 2.24) is 20.9 Å². The fourth-order valence-electron chi connectivity index (χ4n) is 4.32. The molecule has 0 aromatic heterocycles. The lowest BCUT2D eigenvalue weighted by molar-refractivity contribution is -0.123. The maximum atomic E-state index is 13.3. The fourth-order valence-corrected chi connectivity index (χ4v) is 4.57. The third-order valence-corrected chi connectivity index (χ3v) is 7.79. The quantitative estimate of drug-likeness (QED) is 0.117. The minimum atomic E-state index is -0.464. The molecule has 8 nitrogen and oxygen atoms in total. The van der Waals surface area contributed by atoms with E-state index in [1.54, 1.807) is 25.2 Å². The molecule has 45 heavy (non-hydrogen) atoms. The summed E-state index contributed by atoms with van der Waals surface area (Å²) in [6.07, 6.45) is 23.4. The maximum Gasteiger partial charge on any atom is 0.255 e. The summed E-state index contributed by atoms with van der Waals surface area (Å²) < 4.78 is 0. The largest absolute Gasteiger partial charge is 0.354 e.